The molecule has 0 aliphatic rings. The lowest BCUT2D eigenvalue weighted by Gasteiger charge is -1.68. The highest BCUT2D eigenvalue weighted by Gasteiger charge is 1.94. The molecule has 0 fully saturated rings. The minimum absolute atomic E-state index is 1.11. The first-order valence-corrected chi connectivity index (χ1v) is 2.07. The molecule has 0 aromatic heterocycles. The highest BCUT2D eigenvalue weighted by atomic mass is 27.1. The summed E-state index contributed by atoms with van der Waals surface area (Å²) in [5.41, 5.74) is 0. The molecule has 0 amide bonds. The molecule has 27 valence electrons. The molecule has 0 saturated carbocycles. The summed E-state index contributed by atoms with van der Waals surface area (Å²) in [5, 5.41) is 7.51. The fourth-order valence-corrected chi connectivity index (χ4v) is 0. The SMILES string of the molecule is O=[C](O)[Al][OH]. The molecule has 0 atom stereocenters. The third-order valence-corrected chi connectivity index (χ3v) is 0.331. The van der Waals surface area contributed by atoms with E-state index in [0.717, 1.165) is 0 Å². The van der Waals surface area contributed by atoms with E-state index < -0.39 is 20.4 Å². The first kappa shape index (κ1) is 4.96. The Bertz CT molecular complexity index is 42.2. The second kappa shape index (κ2) is 2.21. The Morgan fingerprint density at radius 1 is 1.80 bits per heavy atom. The van der Waals surface area contributed by atoms with Crippen LogP contribution in [0.2, 0.25) is 0 Å². The monoisotopic (exact) mass is 89.0 g/mol. The smallest absolute Gasteiger partial charge is 0.514 e. The predicted molar refractivity (Wildman–Crippen MR) is 16.0 cm³/mol. The summed E-state index contributed by atoms with van der Waals surface area (Å²) in [5.74, 6) is 0. The van der Waals surface area contributed by atoms with Crippen molar-refractivity contribution in [1.29, 1.82) is 0 Å². The van der Waals surface area contributed by atoms with Crippen molar-refractivity contribution in [1.82, 2.24) is 0 Å². The van der Waals surface area contributed by atoms with Gasteiger partial charge in [0.05, 0.1) is 0 Å². The van der Waals surface area contributed by atoms with Crippen LogP contribution < -0.4 is 0 Å². The number of hydrogen-bond acceptors (Lipinski definition) is 2. The second-order valence-corrected chi connectivity index (χ2v) is 1.22. The van der Waals surface area contributed by atoms with E-state index in [-0.39, 0.29) is 0 Å². The molecular weight excluding hydrogens is 87.0 g/mol. The van der Waals surface area contributed by atoms with Gasteiger partial charge in [-0.2, -0.15) is 0 Å². The molecule has 0 rings (SSSR count). The molecule has 0 aromatic carbocycles. The summed E-state index contributed by atoms with van der Waals surface area (Å²) in [6.45, 7) is 0. The fourth-order valence-electron chi connectivity index (χ4n) is 0. The standard InChI is InChI=1S/CHO2.Al.H2O/c2-1-3;;/h(H,2,3);;1H2/q;+1;/p-1. The molecule has 0 heterocycles. The lowest BCUT2D eigenvalue weighted by molar-refractivity contribution is 0.217. The van der Waals surface area contributed by atoms with Crippen LogP contribution in [0.5, 0.6) is 0 Å². The minimum atomic E-state index is -1.35. The molecule has 0 unspecified atom stereocenters. The topological polar surface area (TPSA) is 57.5 Å². The molecule has 0 aliphatic carbocycles. The van der Waals surface area contributed by atoms with E-state index in [1.807, 2.05) is 0 Å². The summed E-state index contributed by atoms with van der Waals surface area (Å²) in [6.07, 6.45) is 0. The zero-order chi connectivity index (χ0) is 4.28. The second-order valence-electron chi connectivity index (χ2n) is 0.467. The molecule has 0 saturated heterocycles. The van der Waals surface area contributed by atoms with Crippen LogP contribution in [0, 0.1) is 0 Å². The Balaban J connectivity index is 2.85. The van der Waals surface area contributed by atoms with Gasteiger partial charge in [0.2, 0.25) is 4.83 Å². The van der Waals surface area contributed by atoms with E-state index in [1.165, 1.54) is 0 Å². The molecule has 3 nitrogen and oxygen atoms in total. The van der Waals surface area contributed by atoms with Crippen LogP contribution >= 0.6 is 0 Å². The summed E-state index contributed by atoms with van der Waals surface area (Å²) in [6, 6.07) is 0. The third-order valence-electron chi connectivity index (χ3n) is 0.110. The van der Waals surface area contributed by atoms with Crippen molar-refractivity contribution in [2.24, 2.45) is 0 Å². The normalized spacial score (nSPS) is 6.60. The summed E-state index contributed by atoms with van der Waals surface area (Å²) in [7, 11) is 0. The minimum Gasteiger partial charge on any atom is -0.514 e. The first-order valence-electron chi connectivity index (χ1n) is 0.975. The van der Waals surface area contributed by atoms with Crippen LogP contribution in [-0.4, -0.2) is 29.6 Å². The third kappa shape index (κ3) is 3.96. The lowest BCUT2D eigenvalue weighted by Crippen LogP contribution is -2.01. The molecule has 4 heteroatoms. The summed E-state index contributed by atoms with van der Waals surface area (Å²) < 4.78 is 7.63. The van der Waals surface area contributed by atoms with Gasteiger partial charge in [0.25, 0.3) is 0 Å². The number of carboxylic acid groups (broad SMARTS) is 1. The number of carbonyl (C=O) groups is 1. The lowest BCUT2D eigenvalue weighted by atomic mass is 11.6. The van der Waals surface area contributed by atoms with Crippen LogP contribution in [0.15, 0.2) is 0 Å². The Kier molecular flexibility index (Phi) is 2.20. The fraction of sp³-hybridized carbons (Fsp3) is 0. The van der Waals surface area contributed by atoms with Gasteiger partial charge in [0, 0.05) is 0 Å². The van der Waals surface area contributed by atoms with Crippen molar-refractivity contribution >= 4 is 20.4 Å². The van der Waals surface area contributed by atoms with Crippen molar-refractivity contribution in [3.05, 3.63) is 0 Å². The zero-order valence-corrected chi connectivity index (χ0v) is 3.53. The van der Waals surface area contributed by atoms with Gasteiger partial charge in [-0.05, 0) is 0 Å². The van der Waals surface area contributed by atoms with Crippen molar-refractivity contribution in [3.8, 4) is 0 Å². The van der Waals surface area contributed by atoms with Gasteiger partial charge < -0.3 is 9.26 Å². The quantitative estimate of drug-likeness (QED) is 0.416. The molecule has 0 aromatic rings. The molecule has 5 heavy (non-hydrogen) atoms. The van der Waals surface area contributed by atoms with E-state index in [1.54, 1.807) is 0 Å². The maximum atomic E-state index is 9.16. The highest BCUT2D eigenvalue weighted by molar-refractivity contribution is 6.65. The van der Waals surface area contributed by atoms with E-state index >= 15 is 0 Å². The van der Waals surface area contributed by atoms with Crippen LogP contribution in [0.1, 0.15) is 0 Å². The van der Waals surface area contributed by atoms with Crippen LogP contribution in [-0.2, 0) is 0 Å². The van der Waals surface area contributed by atoms with Crippen molar-refractivity contribution in [2.45, 2.75) is 0 Å². The number of hydrogen-bond donors (Lipinski definition) is 2. The molecule has 2 N–H and O–H groups in total. The van der Waals surface area contributed by atoms with Crippen LogP contribution in [0.25, 0.3) is 0 Å². The average Bonchev–Trinajstić information content (AvgIpc) is 1.38. The van der Waals surface area contributed by atoms with Crippen LogP contribution in [0.3, 0.4) is 0 Å². The molecule has 0 aliphatic heterocycles. The van der Waals surface area contributed by atoms with E-state index in [0.29, 0.717) is 0 Å². The van der Waals surface area contributed by atoms with Crippen molar-refractivity contribution in [3.63, 3.8) is 0 Å². The van der Waals surface area contributed by atoms with Crippen molar-refractivity contribution in [2.75, 3.05) is 0 Å². The van der Waals surface area contributed by atoms with E-state index in [4.69, 9.17) is 14.1 Å². The largest absolute Gasteiger partial charge is 0.596 e. The van der Waals surface area contributed by atoms with Crippen molar-refractivity contribution < 1.29 is 14.1 Å². The molecule has 1 radical (unpaired) electrons. The Hall–Kier alpha value is -0.0375. The summed E-state index contributed by atoms with van der Waals surface area (Å²) in [4.78, 5) is 8.05. The van der Waals surface area contributed by atoms with Gasteiger partial charge in [-0.15, -0.1) is 0 Å². The van der Waals surface area contributed by atoms with Gasteiger partial charge in [-0.1, -0.05) is 0 Å². The molecule has 0 spiro atoms. The van der Waals surface area contributed by atoms with Gasteiger partial charge in [-0.3, -0.25) is 4.79 Å². The highest BCUT2D eigenvalue weighted by Crippen LogP contribution is 1.51. The first-order chi connectivity index (χ1) is 2.27. The predicted octanol–water partition coefficient (Wildman–Crippen LogP) is -0.724. The molecule has 0 bridgehead atoms. The Morgan fingerprint density at radius 2 is 2.00 bits per heavy atom. The van der Waals surface area contributed by atoms with Gasteiger partial charge in [-0.25, -0.2) is 0 Å². The maximum absolute atomic E-state index is 9.16. The number of rotatable bonds is 1. The van der Waals surface area contributed by atoms with E-state index in [2.05, 4.69) is 0 Å². The maximum Gasteiger partial charge on any atom is 0.596 e. The Labute approximate surface area is 35.3 Å². The van der Waals surface area contributed by atoms with Gasteiger partial charge in [0.15, 0.2) is 0 Å². The van der Waals surface area contributed by atoms with E-state index in [9.17, 15) is 0 Å². The molecular formula is CH2AlO3. The van der Waals surface area contributed by atoms with Gasteiger partial charge >= 0.3 is 15.6 Å². The van der Waals surface area contributed by atoms with Gasteiger partial charge in [0.1, 0.15) is 0 Å². The average molecular weight is 89.0 g/mol. The van der Waals surface area contributed by atoms with Crippen LogP contribution in [0.4, 0.5) is 4.79 Å². The Morgan fingerprint density at radius 3 is 2.00 bits per heavy atom. The summed E-state index contributed by atoms with van der Waals surface area (Å²) >= 11 is -1.35. The zero-order valence-electron chi connectivity index (χ0n) is 2.38.